The number of aliphatic imine (C=N–C) groups is 1. The summed E-state index contributed by atoms with van der Waals surface area (Å²) in [5.74, 6) is 0.864. The third-order valence-corrected chi connectivity index (χ3v) is 4.51. The minimum Gasteiger partial charge on any atom is -0.309 e. The summed E-state index contributed by atoms with van der Waals surface area (Å²) >= 11 is 0. The Morgan fingerprint density at radius 2 is 1.83 bits per heavy atom. The number of benzene rings is 2. The maximum Gasteiger partial charge on any atom is 0.235 e. The molecule has 1 amide bonds. The van der Waals surface area contributed by atoms with Crippen LogP contribution in [0.15, 0.2) is 53.5 Å². The monoisotopic (exact) mass is 305 g/mol. The lowest BCUT2D eigenvalue weighted by Gasteiger charge is -2.43. The summed E-state index contributed by atoms with van der Waals surface area (Å²) in [4.78, 5) is 21.3. The van der Waals surface area contributed by atoms with Crippen molar-refractivity contribution >= 4 is 23.2 Å². The van der Waals surface area contributed by atoms with E-state index in [4.69, 9.17) is 4.99 Å². The summed E-state index contributed by atoms with van der Waals surface area (Å²) in [7, 11) is 0. The number of hydrogen-bond donors (Lipinski definition) is 0. The number of aryl methyl sites for hydroxylation is 1. The quantitative estimate of drug-likeness (QED) is 0.808. The van der Waals surface area contributed by atoms with Crippen molar-refractivity contribution < 1.29 is 4.79 Å². The normalized spacial score (nSPS) is 20.0. The molecule has 4 heteroatoms. The molecule has 0 spiro atoms. The number of anilines is 2. The van der Waals surface area contributed by atoms with Crippen LogP contribution in [-0.2, 0) is 11.3 Å². The maximum atomic E-state index is 12.7. The van der Waals surface area contributed by atoms with Gasteiger partial charge in [0.25, 0.3) is 0 Å². The predicted octanol–water partition coefficient (Wildman–Crippen LogP) is 3.50. The van der Waals surface area contributed by atoms with Crippen LogP contribution in [0.25, 0.3) is 0 Å². The molecule has 116 valence electrons. The molecule has 0 radical (unpaired) electrons. The van der Waals surface area contributed by atoms with Crippen molar-refractivity contribution in [2.75, 3.05) is 9.80 Å². The van der Waals surface area contributed by atoms with Crippen molar-refractivity contribution in [3.63, 3.8) is 0 Å². The SMILES string of the molecule is Cc1ccc(N2C3=NCc4ccccc4N3C(=O)CC2C)cc1. The lowest BCUT2D eigenvalue weighted by molar-refractivity contribution is -0.118. The van der Waals surface area contributed by atoms with Gasteiger partial charge in [0, 0.05) is 18.2 Å². The van der Waals surface area contributed by atoms with Crippen LogP contribution in [0.1, 0.15) is 24.5 Å². The van der Waals surface area contributed by atoms with Crippen LogP contribution in [0.3, 0.4) is 0 Å². The Balaban J connectivity index is 1.81. The van der Waals surface area contributed by atoms with Gasteiger partial charge >= 0.3 is 0 Å². The Kier molecular flexibility index (Phi) is 3.18. The molecule has 0 aromatic heterocycles. The lowest BCUT2D eigenvalue weighted by atomic mass is 10.0. The molecule has 0 N–H and O–H groups in total. The number of amides is 1. The lowest BCUT2D eigenvalue weighted by Crippen LogP contribution is -2.58. The fourth-order valence-corrected chi connectivity index (χ4v) is 3.33. The van der Waals surface area contributed by atoms with Gasteiger partial charge in [-0.25, -0.2) is 9.89 Å². The van der Waals surface area contributed by atoms with Crippen molar-refractivity contribution in [3.05, 3.63) is 59.7 Å². The summed E-state index contributed by atoms with van der Waals surface area (Å²) in [5.41, 5.74) is 4.37. The molecular weight excluding hydrogens is 286 g/mol. The van der Waals surface area contributed by atoms with Crippen molar-refractivity contribution in [1.82, 2.24) is 0 Å². The van der Waals surface area contributed by atoms with Gasteiger partial charge in [0.15, 0.2) is 0 Å². The summed E-state index contributed by atoms with van der Waals surface area (Å²) in [6.07, 6.45) is 0.487. The third kappa shape index (κ3) is 2.22. The highest BCUT2D eigenvalue weighted by molar-refractivity contribution is 6.24. The molecule has 2 heterocycles. The van der Waals surface area contributed by atoms with Gasteiger partial charge in [-0.15, -0.1) is 0 Å². The number of fused-ring (bicyclic) bond motifs is 3. The smallest absolute Gasteiger partial charge is 0.235 e. The number of hydrogen-bond acceptors (Lipinski definition) is 3. The number of nitrogens with zero attached hydrogens (tertiary/aromatic N) is 3. The third-order valence-electron chi connectivity index (χ3n) is 4.51. The van der Waals surface area contributed by atoms with Gasteiger partial charge in [-0.2, -0.15) is 0 Å². The second-order valence-electron chi connectivity index (χ2n) is 6.23. The maximum absolute atomic E-state index is 12.7. The average Bonchev–Trinajstić information content (AvgIpc) is 2.56. The van der Waals surface area contributed by atoms with E-state index in [2.05, 4.69) is 43.0 Å². The summed E-state index contributed by atoms with van der Waals surface area (Å²) in [6, 6.07) is 16.5. The number of guanidine groups is 1. The number of carbonyl (C=O) groups is 1. The van der Waals surface area contributed by atoms with Crippen LogP contribution in [0.5, 0.6) is 0 Å². The van der Waals surface area contributed by atoms with Gasteiger partial charge in [-0.1, -0.05) is 35.9 Å². The van der Waals surface area contributed by atoms with Gasteiger partial charge < -0.3 is 4.90 Å². The van der Waals surface area contributed by atoms with E-state index in [9.17, 15) is 4.79 Å². The molecule has 0 aliphatic carbocycles. The first-order valence-electron chi connectivity index (χ1n) is 7.96. The van der Waals surface area contributed by atoms with Gasteiger partial charge in [-0.3, -0.25) is 4.79 Å². The van der Waals surface area contributed by atoms with Gasteiger partial charge in [0.1, 0.15) is 0 Å². The van der Waals surface area contributed by atoms with E-state index in [0.717, 1.165) is 22.9 Å². The molecule has 0 bridgehead atoms. The molecule has 0 saturated carbocycles. The van der Waals surface area contributed by atoms with E-state index in [1.807, 2.05) is 24.3 Å². The molecule has 2 aromatic rings. The fraction of sp³-hybridized carbons (Fsp3) is 0.263. The standard InChI is InChI=1S/C19H19N3O/c1-13-7-9-16(10-8-13)21-14(2)11-18(23)22-17-6-4-3-5-15(17)12-20-19(21)22/h3-10,14H,11-12H2,1-2H3. The molecule has 23 heavy (non-hydrogen) atoms. The Bertz CT molecular complexity index is 795. The zero-order chi connectivity index (χ0) is 16.0. The van der Waals surface area contributed by atoms with Crippen LogP contribution in [0.2, 0.25) is 0 Å². The zero-order valence-electron chi connectivity index (χ0n) is 13.4. The highest BCUT2D eigenvalue weighted by Crippen LogP contribution is 2.34. The summed E-state index contributed by atoms with van der Waals surface area (Å²) in [6.45, 7) is 4.77. The minimum absolute atomic E-state index is 0.102. The van der Waals surface area contributed by atoms with E-state index in [0.29, 0.717) is 13.0 Å². The highest BCUT2D eigenvalue weighted by Gasteiger charge is 2.39. The average molecular weight is 305 g/mol. The predicted molar refractivity (Wildman–Crippen MR) is 92.8 cm³/mol. The molecule has 1 fully saturated rings. The van der Waals surface area contributed by atoms with Crippen LogP contribution in [-0.4, -0.2) is 17.9 Å². The number of rotatable bonds is 1. The fourth-order valence-electron chi connectivity index (χ4n) is 3.33. The topological polar surface area (TPSA) is 35.9 Å². The highest BCUT2D eigenvalue weighted by atomic mass is 16.2. The molecule has 4 rings (SSSR count). The van der Waals surface area contributed by atoms with Crippen molar-refractivity contribution in [1.29, 1.82) is 0 Å². The molecule has 1 saturated heterocycles. The van der Waals surface area contributed by atoms with Gasteiger partial charge in [0.2, 0.25) is 11.9 Å². The largest absolute Gasteiger partial charge is 0.309 e. The van der Waals surface area contributed by atoms with E-state index >= 15 is 0 Å². The van der Waals surface area contributed by atoms with Crippen LogP contribution in [0, 0.1) is 6.92 Å². The Morgan fingerprint density at radius 3 is 2.61 bits per heavy atom. The molecular formula is C19H19N3O. The molecule has 2 aliphatic rings. The first kappa shape index (κ1) is 14.0. The molecule has 1 unspecified atom stereocenters. The second-order valence-corrected chi connectivity index (χ2v) is 6.23. The molecule has 2 aromatic carbocycles. The van der Waals surface area contributed by atoms with Crippen molar-refractivity contribution in [2.45, 2.75) is 32.9 Å². The van der Waals surface area contributed by atoms with Crippen LogP contribution < -0.4 is 9.80 Å². The Morgan fingerprint density at radius 1 is 1.09 bits per heavy atom. The first-order valence-corrected chi connectivity index (χ1v) is 7.96. The van der Waals surface area contributed by atoms with E-state index in [1.165, 1.54) is 5.56 Å². The summed E-state index contributed by atoms with van der Waals surface area (Å²) in [5, 5.41) is 0. The van der Waals surface area contributed by atoms with Crippen molar-refractivity contribution in [3.8, 4) is 0 Å². The first-order chi connectivity index (χ1) is 11.1. The van der Waals surface area contributed by atoms with Crippen molar-refractivity contribution in [2.24, 2.45) is 4.99 Å². The zero-order valence-corrected chi connectivity index (χ0v) is 13.4. The molecule has 1 atom stereocenters. The summed E-state index contributed by atoms with van der Waals surface area (Å²) < 4.78 is 0. The van der Waals surface area contributed by atoms with Gasteiger partial charge in [-0.05, 0) is 37.6 Å². The van der Waals surface area contributed by atoms with E-state index in [-0.39, 0.29) is 11.9 Å². The van der Waals surface area contributed by atoms with Gasteiger partial charge in [0.05, 0.1) is 12.2 Å². The number of para-hydroxylation sites is 1. The van der Waals surface area contributed by atoms with E-state index in [1.54, 1.807) is 4.90 Å². The number of carbonyl (C=O) groups excluding carboxylic acids is 1. The van der Waals surface area contributed by atoms with Crippen LogP contribution in [0.4, 0.5) is 11.4 Å². The van der Waals surface area contributed by atoms with E-state index < -0.39 is 0 Å². The second kappa shape index (κ2) is 5.23. The minimum atomic E-state index is 0.102. The Labute approximate surface area is 136 Å². The molecule has 4 nitrogen and oxygen atoms in total. The molecule has 2 aliphatic heterocycles. The Hall–Kier alpha value is -2.62. The van der Waals surface area contributed by atoms with Crippen LogP contribution >= 0.6 is 0 Å².